The molecule has 0 spiro atoms. The Morgan fingerprint density at radius 3 is 2.36 bits per heavy atom. The second-order valence-electron chi connectivity index (χ2n) is 8.05. The van der Waals surface area contributed by atoms with Crippen LogP contribution in [-0.4, -0.2) is 18.4 Å². The molecule has 0 aromatic carbocycles. The topological polar surface area (TPSA) is 51.4 Å². The zero-order valence-electron chi connectivity index (χ0n) is 15.2. The number of hydrogen-bond donors (Lipinski definition) is 0. The summed E-state index contributed by atoms with van der Waals surface area (Å²) in [5, 5.41) is 0. The summed E-state index contributed by atoms with van der Waals surface area (Å²) in [6, 6.07) is 0. The lowest BCUT2D eigenvalue weighted by molar-refractivity contribution is -0.152. The van der Waals surface area contributed by atoms with Gasteiger partial charge in [0.2, 0.25) is 5.79 Å². The SMILES string of the molecule is CCCCC(CCC1(C)OO1)C(=O)OCC(C)(C)CC(C)C. The molecule has 0 amide bonds. The van der Waals surface area contributed by atoms with Crippen LogP contribution in [0.25, 0.3) is 0 Å². The zero-order chi connectivity index (χ0) is 16.8. The van der Waals surface area contributed by atoms with Crippen LogP contribution >= 0.6 is 0 Å². The lowest BCUT2D eigenvalue weighted by Gasteiger charge is -2.27. The molecule has 1 atom stereocenters. The number of ether oxygens (including phenoxy) is 1. The van der Waals surface area contributed by atoms with E-state index < -0.39 is 5.79 Å². The molecule has 1 aliphatic rings. The molecule has 4 nitrogen and oxygen atoms in total. The Bertz CT molecular complexity index is 345. The van der Waals surface area contributed by atoms with Crippen LogP contribution in [-0.2, 0) is 19.3 Å². The fraction of sp³-hybridized carbons (Fsp3) is 0.944. The van der Waals surface area contributed by atoms with Gasteiger partial charge >= 0.3 is 5.97 Å². The van der Waals surface area contributed by atoms with Crippen molar-refractivity contribution in [2.75, 3.05) is 6.61 Å². The van der Waals surface area contributed by atoms with Crippen LogP contribution in [0.5, 0.6) is 0 Å². The Morgan fingerprint density at radius 2 is 1.86 bits per heavy atom. The lowest BCUT2D eigenvalue weighted by atomic mass is 9.85. The molecule has 130 valence electrons. The smallest absolute Gasteiger partial charge is 0.308 e. The van der Waals surface area contributed by atoms with Gasteiger partial charge in [0.1, 0.15) is 0 Å². The Labute approximate surface area is 135 Å². The van der Waals surface area contributed by atoms with Crippen LogP contribution < -0.4 is 0 Å². The molecule has 1 unspecified atom stereocenters. The van der Waals surface area contributed by atoms with E-state index in [0.717, 1.165) is 38.5 Å². The Hall–Kier alpha value is -0.610. The van der Waals surface area contributed by atoms with E-state index in [0.29, 0.717) is 12.5 Å². The first kappa shape index (κ1) is 19.4. The van der Waals surface area contributed by atoms with Crippen LogP contribution in [0.1, 0.15) is 80.1 Å². The Morgan fingerprint density at radius 1 is 1.23 bits per heavy atom. The number of hydrogen-bond acceptors (Lipinski definition) is 4. The second-order valence-corrected chi connectivity index (χ2v) is 8.05. The van der Waals surface area contributed by atoms with Crippen molar-refractivity contribution in [2.24, 2.45) is 17.3 Å². The number of rotatable bonds is 11. The van der Waals surface area contributed by atoms with Crippen molar-refractivity contribution in [1.29, 1.82) is 0 Å². The summed E-state index contributed by atoms with van der Waals surface area (Å²) in [6.07, 6.45) is 5.59. The molecule has 1 aliphatic heterocycles. The van der Waals surface area contributed by atoms with Crippen molar-refractivity contribution in [3.63, 3.8) is 0 Å². The molecule has 1 rings (SSSR count). The molecule has 0 radical (unpaired) electrons. The van der Waals surface area contributed by atoms with Gasteiger partial charge in [-0.15, -0.1) is 0 Å². The van der Waals surface area contributed by atoms with Gasteiger partial charge in [-0.3, -0.25) is 4.79 Å². The van der Waals surface area contributed by atoms with Gasteiger partial charge in [0.05, 0.1) is 12.5 Å². The van der Waals surface area contributed by atoms with Gasteiger partial charge in [-0.1, -0.05) is 47.5 Å². The molecule has 1 saturated heterocycles. The van der Waals surface area contributed by atoms with Gasteiger partial charge in [0, 0.05) is 6.42 Å². The van der Waals surface area contributed by atoms with Crippen molar-refractivity contribution in [3.05, 3.63) is 0 Å². The van der Waals surface area contributed by atoms with Crippen LogP contribution in [0.2, 0.25) is 0 Å². The van der Waals surface area contributed by atoms with E-state index in [4.69, 9.17) is 14.5 Å². The second kappa shape index (κ2) is 8.30. The number of carbonyl (C=O) groups excluding carboxylic acids is 1. The lowest BCUT2D eigenvalue weighted by Crippen LogP contribution is -2.27. The average molecular weight is 314 g/mol. The summed E-state index contributed by atoms with van der Waals surface area (Å²) in [5.74, 6) is 0.0319. The van der Waals surface area contributed by atoms with E-state index in [1.807, 2.05) is 6.92 Å². The standard InChI is InChI=1S/C18H34O4/c1-7-8-9-15(10-11-18(6)21-22-18)16(19)20-13-17(4,5)12-14(2)3/h14-15H,7-13H2,1-6H3. The number of esters is 1. The minimum Gasteiger partial charge on any atom is -0.465 e. The van der Waals surface area contributed by atoms with Gasteiger partial charge in [0.25, 0.3) is 0 Å². The first-order valence-corrected chi connectivity index (χ1v) is 8.71. The quantitative estimate of drug-likeness (QED) is 0.310. The normalized spacial score (nSPS) is 18.3. The van der Waals surface area contributed by atoms with Crippen molar-refractivity contribution < 1.29 is 19.3 Å². The van der Waals surface area contributed by atoms with Crippen LogP contribution in [0, 0.1) is 17.3 Å². The van der Waals surface area contributed by atoms with Crippen molar-refractivity contribution in [1.82, 2.24) is 0 Å². The Balaban J connectivity index is 2.44. The van der Waals surface area contributed by atoms with Crippen LogP contribution in [0.3, 0.4) is 0 Å². The molecular formula is C18H34O4. The summed E-state index contributed by atoms with van der Waals surface area (Å²) in [6.45, 7) is 13.3. The molecular weight excluding hydrogens is 280 g/mol. The van der Waals surface area contributed by atoms with E-state index in [1.54, 1.807) is 0 Å². The van der Waals surface area contributed by atoms with E-state index in [1.165, 1.54) is 0 Å². The highest BCUT2D eigenvalue weighted by Crippen LogP contribution is 2.36. The predicted molar refractivity (Wildman–Crippen MR) is 87.0 cm³/mol. The third-order valence-corrected chi connectivity index (χ3v) is 4.12. The highest BCUT2D eigenvalue weighted by molar-refractivity contribution is 5.72. The molecule has 0 saturated carbocycles. The van der Waals surface area contributed by atoms with E-state index in [-0.39, 0.29) is 17.3 Å². The maximum Gasteiger partial charge on any atom is 0.308 e. The fourth-order valence-electron chi connectivity index (χ4n) is 2.97. The highest BCUT2D eigenvalue weighted by Gasteiger charge is 2.43. The first-order valence-electron chi connectivity index (χ1n) is 8.71. The monoisotopic (exact) mass is 314 g/mol. The van der Waals surface area contributed by atoms with E-state index >= 15 is 0 Å². The molecule has 4 heteroatoms. The van der Waals surface area contributed by atoms with Crippen molar-refractivity contribution in [3.8, 4) is 0 Å². The van der Waals surface area contributed by atoms with E-state index in [2.05, 4.69) is 34.6 Å². The van der Waals surface area contributed by atoms with Crippen molar-refractivity contribution in [2.45, 2.75) is 85.9 Å². The van der Waals surface area contributed by atoms with Gasteiger partial charge < -0.3 is 4.74 Å². The molecule has 1 heterocycles. The molecule has 0 bridgehead atoms. The van der Waals surface area contributed by atoms with Gasteiger partial charge in [-0.25, -0.2) is 0 Å². The highest BCUT2D eigenvalue weighted by atomic mass is 17.4. The van der Waals surface area contributed by atoms with E-state index in [9.17, 15) is 4.79 Å². The number of carbonyl (C=O) groups is 1. The van der Waals surface area contributed by atoms with Gasteiger partial charge in [0.15, 0.2) is 0 Å². The minimum atomic E-state index is -0.471. The van der Waals surface area contributed by atoms with Gasteiger partial charge in [-0.05, 0) is 37.5 Å². The summed E-state index contributed by atoms with van der Waals surface area (Å²) in [5.41, 5.74) is 0.0355. The summed E-state index contributed by atoms with van der Waals surface area (Å²) in [7, 11) is 0. The van der Waals surface area contributed by atoms with Crippen molar-refractivity contribution >= 4 is 5.97 Å². The Kier molecular flexibility index (Phi) is 7.33. The van der Waals surface area contributed by atoms with Crippen LogP contribution in [0.4, 0.5) is 0 Å². The predicted octanol–water partition coefficient (Wildman–Crippen LogP) is 4.87. The third kappa shape index (κ3) is 7.59. The molecule has 22 heavy (non-hydrogen) atoms. The molecule has 0 aromatic rings. The number of unbranched alkanes of at least 4 members (excludes halogenated alkanes) is 1. The molecule has 0 N–H and O–H groups in total. The van der Waals surface area contributed by atoms with Gasteiger partial charge in [-0.2, -0.15) is 9.78 Å². The molecule has 0 aromatic heterocycles. The first-order chi connectivity index (χ1) is 10.2. The zero-order valence-corrected chi connectivity index (χ0v) is 15.2. The molecule has 1 fully saturated rings. The maximum atomic E-state index is 12.4. The van der Waals surface area contributed by atoms with Crippen LogP contribution in [0.15, 0.2) is 0 Å². The summed E-state index contributed by atoms with van der Waals surface area (Å²) < 4.78 is 5.63. The molecule has 0 aliphatic carbocycles. The maximum absolute atomic E-state index is 12.4. The summed E-state index contributed by atoms with van der Waals surface area (Å²) >= 11 is 0. The minimum absolute atomic E-state index is 0.0355. The third-order valence-electron chi connectivity index (χ3n) is 4.12. The fourth-order valence-corrected chi connectivity index (χ4v) is 2.97. The average Bonchev–Trinajstić information content (AvgIpc) is 3.13. The summed E-state index contributed by atoms with van der Waals surface area (Å²) in [4.78, 5) is 22.3. The largest absolute Gasteiger partial charge is 0.465 e.